The third kappa shape index (κ3) is 3.78. The molecule has 1 aromatic rings. The highest BCUT2D eigenvalue weighted by Crippen LogP contribution is 2.17. The van der Waals surface area contributed by atoms with E-state index in [2.05, 4.69) is 27.3 Å². The van der Waals surface area contributed by atoms with E-state index < -0.39 is 0 Å². The quantitative estimate of drug-likeness (QED) is 0.830. The van der Waals surface area contributed by atoms with Crippen molar-refractivity contribution in [2.75, 3.05) is 26.2 Å². The number of piperidine rings is 1. The van der Waals surface area contributed by atoms with E-state index >= 15 is 0 Å². The Hall–Kier alpha value is -0.940. The van der Waals surface area contributed by atoms with Gasteiger partial charge in [0.1, 0.15) is 0 Å². The fraction of sp³-hybridized carbons (Fsp3) is 0.846. The van der Waals surface area contributed by atoms with Crippen molar-refractivity contribution >= 4 is 0 Å². The van der Waals surface area contributed by atoms with Gasteiger partial charge in [0, 0.05) is 13.0 Å². The molecule has 1 N–H and O–H groups in total. The van der Waals surface area contributed by atoms with Crippen molar-refractivity contribution in [2.45, 2.75) is 39.7 Å². The van der Waals surface area contributed by atoms with E-state index in [0.29, 0.717) is 0 Å². The molecule has 0 amide bonds. The maximum Gasteiger partial charge on any atom is 0.226 e. The van der Waals surface area contributed by atoms with Crippen LogP contribution in [0.3, 0.4) is 0 Å². The Morgan fingerprint density at radius 3 is 3.06 bits per heavy atom. The second-order valence-electron chi connectivity index (χ2n) is 5.01. The van der Waals surface area contributed by atoms with Crippen LogP contribution in [0.1, 0.15) is 38.4 Å². The van der Waals surface area contributed by atoms with Gasteiger partial charge in [-0.2, -0.15) is 4.98 Å². The third-order valence-corrected chi connectivity index (χ3v) is 3.46. The first-order valence-corrected chi connectivity index (χ1v) is 7.06. The lowest BCUT2D eigenvalue weighted by Gasteiger charge is -2.31. The van der Waals surface area contributed by atoms with Gasteiger partial charge in [0.15, 0.2) is 5.82 Å². The standard InChI is InChI=1S/C13H24N4O/c1-3-13-15-12(16-18-13)10-17-7-5-6-11(9-17)8-14-4-2/h11,14H,3-10H2,1-2H3. The Morgan fingerprint density at radius 1 is 1.44 bits per heavy atom. The van der Waals surface area contributed by atoms with Crippen molar-refractivity contribution in [3.63, 3.8) is 0 Å². The minimum Gasteiger partial charge on any atom is -0.339 e. The van der Waals surface area contributed by atoms with Gasteiger partial charge in [0.05, 0.1) is 6.54 Å². The van der Waals surface area contributed by atoms with Crippen LogP contribution in [0.2, 0.25) is 0 Å². The topological polar surface area (TPSA) is 54.2 Å². The molecule has 1 aliphatic rings. The number of nitrogens with one attached hydrogen (secondary N) is 1. The zero-order chi connectivity index (χ0) is 12.8. The minimum absolute atomic E-state index is 0.742. The Bertz CT molecular complexity index is 353. The summed E-state index contributed by atoms with van der Waals surface area (Å²) in [5.41, 5.74) is 0. The van der Waals surface area contributed by atoms with E-state index in [0.717, 1.165) is 56.8 Å². The van der Waals surface area contributed by atoms with Crippen molar-refractivity contribution in [1.29, 1.82) is 0 Å². The maximum absolute atomic E-state index is 5.15. The highest BCUT2D eigenvalue weighted by atomic mass is 16.5. The SMILES string of the molecule is CCNCC1CCCN(Cc2noc(CC)n2)C1. The summed E-state index contributed by atoms with van der Waals surface area (Å²) in [5, 5.41) is 7.46. The van der Waals surface area contributed by atoms with E-state index in [1.54, 1.807) is 0 Å². The molecule has 0 aliphatic carbocycles. The molecule has 5 heteroatoms. The predicted octanol–water partition coefficient (Wildman–Crippen LogP) is 1.45. The number of hydrogen-bond acceptors (Lipinski definition) is 5. The molecule has 2 heterocycles. The Labute approximate surface area is 109 Å². The van der Waals surface area contributed by atoms with Gasteiger partial charge >= 0.3 is 0 Å². The smallest absolute Gasteiger partial charge is 0.226 e. The summed E-state index contributed by atoms with van der Waals surface area (Å²) < 4.78 is 5.15. The molecule has 0 bridgehead atoms. The van der Waals surface area contributed by atoms with Gasteiger partial charge in [-0.05, 0) is 38.4 Å². The second-order valence-corrected chi connectivity index (χ2v) is 5.01. The first-order chi connectivity index (χ1) is 8.81. The van der Waals surface area contributed by atoms with Crippen LogP contribution in [0, 0.1) is 5.92 Å². The summed E-state index contributed by atoms with van der Waals surface area (Å²) in [7, 11) is 0. The number of hydrogen-bond donors (Lipinski definition) is 1. The monoisotopic (exact) mass is 252 g/mol. The molecule has 1 atom stereocenters. The van der Waals surface area contributed by atoms with E-state index in [1.807, 2.05) is 6.92 Å². The van der Waals surface area contributed by atoms with Crippen LogP contribution in [0.4, 0.5) is 0 Å². The van der Waals surface area contributed by atoms with E-state index in [-0.39, 0.29) is 0 Å². The number of nitrogens with zero attached hydrogens (tertiary/aromatic N) is 3. The minimum atomic E-state index is 0.742. The summed E-state index contributed by atoms with van der Waals surface area (Å²) in [6, 6.07) is 0. The average molecular weight is 252 g/mol. The zero-order valence-electron chi connectivity index (χ0n) is 11.5. The van der Waals surface area contributed by atoms with Crippen LogP contribution in [-0.4, -0.2) is 41.2 Å². The van der Waals surface area contributed by atoms with Gasteiger partial charge in [0.25, 0.3) is 0 Å². The predicted molar refractivity (Wildman–Crippen MR) is 70.2 cm³/mol. The van der Waals surface area contributed by atoms with Gasteiger partial charge in [0.2, 0.25) is 5.89 Å². The lowest BCUT2D eigenvalue weighted by Crippen LogP contribution is -2.39. The number of rotatable bonds is 6. The number of likely N-dealkylation sites (tertiary alicyclic amines) is 1. The highest BCUT2D eigenvalue weighted by Gasteiger charge is 2.20. The number of aromatic nitrogens is 2. The summed E-state index contributed by atoms with van der Waals surface area (Å²) in [6.45, 7) is 9.49. The molecule has 1 aromatic heterocycles. The first kappa shape index (κ1) is 13.5. The van der Waals surface area contributed by atoms with Crippen molar-refractivity contribution in [3.05, 3.63) is 11.7 Å². The fourth-order valence-electron chi connectivity index (χ4n) is 2.51. The molecule has 18 heavy (non-hydrogen) atoms. The van der Waals surface area contributed by atoms with E-state index in [9.17, 15) is 0 Å². The summed E-state index contributed by atoms with van der Waals surface area (Å²) in [6.07, 6.45) is 3.42. The van der Waals surface area contributed by atoms with E-state index in [4.69, 9.17) is 4.52 Å². The molecule has 0 radical (unpaired) electrons. The normalized spacial score (nSPS) is 21.3. The van der Waals surface area contributed by atoms with Crippen LogP contribution < -0.4 is 5.32 Å². The molecule has 5 nitrogen and oxygen atoms in total. The van der Waals surface area contributed by atoms with Crippen LogP contribution in [-0.2, 0) is 13.0 Å². The maximum atomic E-state index is 5.15. The van der Waals surface area contributed by atoms with Crippen LogP contribution >= 0.6 is 0 Å². The molecule has 1 saturated heterocycles. The molecule has 0 aromatic carbocycles. The zero-order valence-corrected chi connectivity index (χ0v) is 11.5. The number of aryl methyl sites for hydroxylation is 1. The molecular formula is C13H24N4O. The molecular weight excluding hydrogens is 228 g/mol. The third-order valence-electron chi connectivity index (χ3n) is 3.46. The van der Waals surface area contributed by atoms with Crippen LogP contribution in [0.25, 0.3) is 0 Å². The summed E-state index contributed by atoms with van der Waals surface area (Å²) in [4.78, 5) is 6.82. The summed E-state index contributed by atoms with van der Waals surface area (Å²) >= 11 is 0. The fourth-order valence-corrected chi connectivity index (χ4v) is 2.51. The van der Waals surface area contributed by atoms with Crippen molar-refractivity contribution in [2.24, 2.45) is 5.92 Å². The largest absolute Gasteiger partial charge is 0.339 e. The Morgan fingerprint density at radius 2 is 2.33 bits per heavy atom. The average Bonchev–Trinajstić information content (AvgIpc) is 2.84. The Kier molecular flexibility index (Phi) is 5.13. The van der Waals surface area contributed by atoms with E-state index in [1.165, 1.54) is 12.8 Å². The molecule has 102 valence electrons. The van der Waals surface area contributed by atoms with Crippen molar-refractivity contribution < 1.29 is 4.52 Å². The van der Waals surface area contributed by atoms with Crippen LogP contribution in [0.15, 0.2) is 4.52 Å². The van der Waals surface area contributed by atoms with Crippen LogP contribution in [0.5, 0.6) is 0 Å². The van der Waals surface area contributed by atoms with Gasteiger partial charge in [-0.3, -0.25) is 4.90 Å². The molecule has 0 saturated carbocycles. The lowest BCUT2D eigenvalue weighted by atomic mass is 9.98. The second kappa shape index (κ2) is 6.85. The molecule has 0 spiro atoms. The van der Waals surface area contributed by atoms with Crippen molar-refractivity contribution in [3.8, 4) is 0 Å². The van der Waals surface area contributed by atoms with Gasteiger partial charge in [-0.15, -0.1) is 0 Å². The summed E-state index contributed by atoms with van der Waals surface area (Å²) in [5.74, 6) is 2.33. The molecule has 1 fully saturated rings. The molecule has 1 unspecified atom stereocenters. The first-order valence-electron chi connectivity index (χ1n) is 7.06. The van der Waals surface area contributed by atoms with Gasteiger partial charge in [-0.25, -0.2) is 0 Å². The van der Waals surface area contributed by atoms with Gasteiger partial charge in [-0.1, -0.05) is 19.0 Å². The molecule has 2 rings (SSSR count). The van der Waals surface area contributed by atoms with Crippen molar-refractivity contribution in [1.82, 2.24) is 20.4 Å². The molecule has 1 aliphatic heterocycles. The lowest BCUT2D eigenvalue weighted by molar-refractivity contribution is 0.161. The highest BCUT2D eigenvalue weighted by molar-refractivity contribution is 4.87. The van der Waals surface area contributed by atoms with Gasteiger partial charge < -0.3 is 9.84 Å². The Balaban J connectivity index is 1.81.